The van der Waals surface area contributed by atoms with Crippen LogP contribution in [0.2, 0.25) is 0 Å². The highest BCUT2D eigenvalue weighted by molar-refractivity contribution is 7.50. The minimum absolute atomic E-state index is 0.105. The van der Waals surface area contributed by atoms with Crippen molar-refractivity contribution in [3.8, 4) is 0 Å². The van der Waals surface area contributed by atoms with E-state index < -0.39 is 7.60 Å². The van der Waals surface area contributed by atoms with E-state index in [1.54, 1.807) is 0 Å². The Bertz CT molecular complexity index is 141. The molecule has 0 saturated heterocycles. The van der Waals surface area contributed by atoms with Crippen molar-refractivity contribution in [1.82, 2.24) is 0 Å². The van der Waals surface area contributed by atoms with E-state index in [1.165, 1.54) is 7.11 Å². The van der Waals surface area contributed by atoms with Gasteiger partial charge >= 0.3 is 0 Å². The van der Waals surface area contributed by atoms with Gasteiger partial charge in [-0.3, -0.25) is 0 Å². The highest BCUT2D eigenvalue weighted by Gasteiger charge is 1.95. The molecule has 0 aromatic carbocycles. The summed E-state index contributed by atoms with van der Waals surface area (Å²) in [6.07, 6.45) is 0. The molecule has 1 atom stereocenters. The smallest absolute Gasteiger partial charge is 0.131 e. The largest absolute Gasteiger partial charge is 0.779 e. The Balaban J connectivity index is -0.0000000860. The van der Waals surface area contributed by atoms with Crippen LogP contribution in [-0.4, -0.2) is 40.6 Å². The van der Waals surface area contributed by atoms with Crippen molar-refractivity contribution in [2.45, 2.75) is 0 Å². The fraction of sp³-hybridized carbons (Fsp3) is 0.500. The first-order valence-electron chi connectivity index (χ1n) is 3.56. The van der Waals surface area contributed by atoms with Crippen molar-refractivity contribution in [3.63, 3.8) is 0 Å². The fourth-order valence-corrected chi connectivity index (χ4v) is 0.693. The summed E-state index contributed by atoms with van der Waals surface area (Å²) in [7, 11) is -2.04. The first-order chi connectivity index (χ1) is 7.06. The van der Waals surface area contributed by atoms with Crippen LogP contribution >= 0.6 is 7.60 Å². The summed E-state index contributed by atoms with van der Waals surface area (Å²) in [6.45, 7) is 11.4. The molecule has 0 spiro atoms. The zero-order valence-corrected chi connectivity index (χ0v) is 10.0. The second-order valence-electron chi connectivity index (χ2n) is 1.60. The van der Waals surface area contributed by atoms with Crippen LogP contribution in [0.5, 0.6) is 0 Å². The van der Waals surface area contributed by atoms with E-state index in [2.05, 4.69) is 22.4 Å². The summed E-state index contributed by atoms with van der Waals surface area (Å²) in [4.78, 5) is 26.3. The lowest BCUT2D eigenvalue weighted by Gasteiger charge is -2.16. The standard InChI is InChI=1S/C4H11O4P.C2H4.2CH2O/c1-7-3-4-8-9(2,5)6;3*1-2/h3-4H2,1-2H3,(H,5,6);1-2H2;2*1H2/p-1. The normalized spacial score (nSPS) is 11.1. The molecule has 0 bridgehead atoms. The molecule has 0 aromatic rings. The van der Waals surface area contributed by atoms with Crippen molar-refractivity contribution in [2.24, 2.45) is 0 Å². The zero-order valence-electron chi connectivity index (χ0n) is 9.14. The molecular formula is C8H18O6P-. The minimum atomic E-state index is -3.53. The van der Waals surface area contributed by atoms with E-state index >= 15 is 0 Å². The third kappa shape index (κ3) is 61.3. The second kappa shape index (κ2) is 23.2. The maximum Gasteiger partial charge on any atom is 0.131 e. The Labute approximate surface area is 90.4 Å². The van der Waals surface area contributed by atoms with Gasteiger partial charge in [0, 0.05) is 13.8 Å². The highest BCUT2D eigenvalue weighted by atomic mass is 31.2. The molecule has 0 rings (SSSR count). The van der Waals surface area contributed by atoms with Crippen LogP contribution in [-0.2, 0) is 23.4 Å². The van der Waals surface area contributed by atoms with Gasteiger partial charge in [-0.25, -0.2) is 0 Å². The molecule has 0 saturated carbocycles. The number of hydrogen-bond donors (Lipinski definition) is 0. The van der Waals surface area contributed by atoms with Gasteiger partial charge in [-0.1, -0.05) is 0 Å². The molecule has 0 heterocycles. The Hall–Kier alpha value is -0.810. The van der Waals surface area contributed by atoms with Gasteiger partial charge in [0.15, 0.2) is 0 Å². The van der Waals surface area contributed by atoms with E-state index in [4.69, 9.17) is 9.59 Å². The fourth-order valence-electron chi connectivity index (χ4n) is 0.286. The maximum atomic E-state index is 10.3. The first-order valence-corrected chi connectivity index (χ1v) is 5.55. The van der Waals surface area contributed by atoms with Crippen molar-refractivity contribution in [1.29, 1.82) is 0 Å². The van der Waals surface area contributed by atoms with Crippen molar-refractivity contribution >= 4 is 21.2 Å². The predicted molar refractivity (Wildman–Crippen MR) is 56.9 cm³/mol. The molecule has 0 N–H and O–H groups in total. The summed E-state index contributed by atoms with van der Waals surface area (Å²) < 4.78 is 19.2. The average Bonchev–Trinajstić information content (AvgIpc) is 2.25. The minimum Gasteiger partial charge on any atom is -0.779 e. The molecular weight excluding hydrogens is 223 g/mol. The number of rotatable bonds is 4. The summed E-state index contributed by atoms with van der Waals surface area (Å²) >= 11 is 0. The van der Waals surface area contributed by atoms with Gasteiger partial charge in [0.05, 0.1) is 13.2 Å². The zero-order chi connectivity index (χ0) is 13.3. The predicted octanol–water partition coefficient (Wildman–Crippen LogP) is 0.265. The van der Waals surface area contributed by atoms with Crippen LogP contribution in [0.25, 0.3) is 0 Å². The highest BCUT2D eigenvalue weighted by Crippen LogP contribution is 2.30. The van der Waals surface area contributed by atoms with Gasteiger partial charge in [-0.15, -0.1) is 13.2 Å². The number of hydrogen-bond acceptors (Lipinski definition) is 6. The topological polar surface area (TPSA) is 92.7 Å². The van der Waals surface area contributed by atoms with Gasteiger partial charge < -0.3 is 28.3 Å². The van der Waals surface area contributed by atoms with E-state index in [1.807, 2.05) is 13.6 Å². The van der Waals surface area contributed by atoms with Gasteiger partial charge in [0.1, 0.15) is 21.2 Å². The first kappa shape index (κ1) is 23.8. The summed E-state index contributed by atoms with van der Waals surface area (Å²) in [5, 5.41) is 0. The van der Waals surface area contributed by atoms with Gasteiger partial charge in [-0.2, -0.15) is 0 Å². The Morgan fingerprint density at radius 3 is 1.67 bits per heavy atom. The second-order valence-corrected chi connectivity index (χ2v) is 3.40. The number of carbonyl (C=O) groups is 2. The maximum absolute atomic E-state index is 10.3. The third-order valence-corrected chi connectivity index (χ3v) is 1.26. The summed E-state index contributed by atoms with van der Waals surface area (Å²) in [5.41, 5.74) is 0. The Morgan fingerprint density at radius 1 is 1.13 bits per heavy atom. The van der Waals surface area contributed by atoms with Crippen LogP contribution in [0, 0.1) is 0 Å². The van der Waals surface area contributed by atoms with Gasteiger partial charge in [0.2, 0.25) is 0 Å². The molecule has 0 amide bonds. The van der Waals surface area contributed by atoms with Gasteiger partial charge in [-0.05, 0) is 0 Å². The molecule has 0 aromatic heterocycles. The molecule has 7 heteroatoms. The molecule has 0 aliphatic rings. The lowest BCUT2D eigenvalue weighted by Crippen LogP contribution is -2.06. The lowest BCUT2D eigenvalue weighted by molar-refractivity contribution is -0.197. The van der Waals surface area contributed by atoms with Crippen molar-refractivity contribution < 1.29 is 28.3 Å². The van der Waals surface area contributed by atoms with Crippen LogP contribution in [0.15, 0.2) is 13.2 Å². The quantitative estimate of drug-likeness (QED) is 0.398. The van der Waals surface area contributed by atoms with E-state index in [0.717, 1.165) is 6.66 Å². The summed E-state index contributed by atoms with van der Waals surface area (Å²) in [5.74, 6) is 0. The third-order valence-electron chi connectivity index (χ3n) is 0.613. The monoisotopic (exact) mass is 241 g/mol. The number of methoxy groups -OCH3 is 1. The van der Waals surface area contributed by atoms with Crippen molar-refractivity contribution in [3.05, 3.63) is 13.2 Å². The molecule has 0 aliphatic carbocycles. The number of ether oxygens (including phenoxy) is 1. The van der Waals surface area contributed by atoms with Gasteiger partial charge in [0.25, 0.3) is 0 Å². The molecule has 6 nitrogen and oxygen atoms in total. The van der Waals surface area contributed by atoms with E-state index in [-0.39, 0.29) is 6.61 Å². The molecule has 15 heavy (non-hydrogen) atoms. The Morgan fingerprint density at radius 2 is 1.47 bits per heavy atom. The number of carbonyl (C=O) groups excluding carboxylic acids is 2. The van der Waals surface area contributed by atoms with E-state index in [0.29, 0.717) is 6.61 Å². The lowest BCUT2D eigenvalue weighted by atomic mass is 10.8. The van der Waals surface area contributed by atoms with Crippen LogP contribution in [0.1, 0.15) is 0 Å². The van der Waals surface area contributed by atoms with Crippen LogP contribution in [0.3, 0.4) is 0 Å². The molecule has 0 radical (unpaired) electrons. The SMILES string of the molecule is C=C.C=O.C=O.COCCOP(C)(=O)[O-]. The molecule has 0 aliphatic heterocycles. The summed E-state index contributed by atoms with van der Waals surface area (Å²) in [6, 6.07) is 0. The molecule has 1 unspecified atom stereocenters. The van der Waals surface area contributed by atoms with Crippen molar-refractivity contribution in [2.75, 3.05) is 27.0 Å². The molecule has 0 fully saturated rings. The van der Waals surface area contributed by atoms with E-state index in [9.17, 15) is 9.46 Å². The van der Waals surface area contributed by atoms with Crippen LogP contribution < -0.4 is 4.89 Å². The Kier molecular flexibility index (Phi) is 36.8. The van der Waals surface area contributed by atoms with Crippen LogP contribution in [0.4, 0.5) is 0 Å². The molecule has 92 valence electrons. The average molecular weight is 241 g/mol.